The van der Waals surface area contributed by atoms with Crippen LogP contribution in [-0.4, -0.2) is 25.9 Å². The topological polar surface area (TPSA) is 64.6 Å². The van der Waals surface area contributed by atoms with Gasteiger partial charge in [-0.1, -0.05) is 18.2 Å². The smallest absolute Gasteiger partial charge is 0.255 e. The van der Waals surface area contributed by atoms with Crippen LogP contribution in [0.3, 0.4) is 0 Å². The van der Waals surface area contributed by atoms with Crippen molar-refractivity contribution in [2.75, 3.05) is 19.5 Å². The lowest BCUT2D eigenvalue weighted by Gasteiger charge is -2.14. The van der Waals surface area contributed by atoms with Crippen LogP contribution in [-0.2, 0) is 6.42 Å². The second-order valence-corrected chi connectivity index (χ2v) is 5.45. The van der Waals surface area contributed by atoms with E-state index in [1.807, 2.05) is 0 Å². The van der Waals surface area contributed by atoms with Gasteiger partial charge in [0.25, 0.3) is 5.91 Å². The second kappa shape index (κ2) is 8.15. The summed E-state index contributed by atoms with van der Waals surface area (Å²) in [4.78, 5) is 24.1. The molecule has 0 aliphatic heterocycles. The molecule has 0 atom stereocenters. The maximum atomic E-state index is 12.6. The van der Waals surface area contributed by atoms with Crippen LogP contribution in [0.15, 0.2) is 49.1 Å². The van der Waals surface area contributed by atoms with Gasteiger partial charge < -0.3 is 14.8 Å². The zero-order chi connectivity index (χ0) is 18.4. The van der Waals surface area contributed by atoms with Gasteiger partial charge in [-0.2, -0.15) is 0 Å². The monoisotopic (exact) mass is 339 g/mol. The third kappa shape index (κ3) is 4.26. The summed E-state index contributed by atoms with van der Waals surface area (Å²) in [5.74, 6) is 0.699. The number of benzene rings is 2. The third-order valence-electron chi connectivity index (χ3n) is 3.71. The molecule has 0 unspecified atom stereocenters. The third-order valence-corrected chi connectivity index (χ3v) is 3.71. The Balaban J connectivity index is 2.35. The highest BCUT2D eigenvalue weighted by Crippen LogP contribution is 2.33. The number of allylic oxidation sites excluding steroid dienone is 1. The molecule has 0 fully saturated rings. The molecule has 5 heteroatoms. The molecule has 0 aromatic heterocycles. The molecule has 130 valence electrons. The van der Waals surface area contributed by atoms with Gasteiger partial charge in [0, 0.05) is 22.4 Å². The van der Waals surface area contributed by atoms with E-state index in [0.717, 1.165) is 5.56 Å². The highest BCUT2D eigenvalue weighted by molar-refractivity contribution is 6.05. The van der Waals surface area contributed by atoms with Crippen molar-refractivity contribution in [3.8, 4) is 11.5 Å². The van der Waals surface area contributed by atoms with E-state index >= 15 is 0 Å². The minimum atomic E-state index is -0.299. The van der Waals surface area contributed by atoms with Gasteiger partial charge in [-0.15, -0.1) is 6.58 Å². The van der Waals surface area contributed by atoms with Crippen LogP contribution in [0, 0.1) is 0 Å². The molecule has 5 nitrogen and oxygen atoms in total. The Morgan fingerprint density at radius 2 is 1.88 bits per heavy atom. The van der Waals surface area contributed by atoms with E-state index in [0.29, 0.717) is 34.7 Å². The number of hydrogen-bond donors (Lipinski definition) is 1. The molecular weight excluding hydrogens is 318 g/mol. The molecule has 0 bridgehead atoms. The van der Waals surface area contributed by atoms with Crippen LogP contribution in [0.4, 0.5) is 5.69 Å². The molecule has 2 rings (SSSR count). The lowest BCUT2D eigenvalue weighted by Crippen LogP contribution is -2.13. The van der Waals surface area contributed by atoms with Crippen molar-refractivity contribution in [3.63, 3.8) is 0 Å². The molecule has 25 heavy (non-hydrogen) atoms. The number of ether oxygens (including phenoxy) is 2. The zero-order valence-electron chi connectivity index (χ0n) is 14.6. The van der Waals surface area contributed by atoms with Gasteiger partial charge in [-0.25, -0.2) is 0 Å². The summed E-state index contributed by atoms with van der Waals surface area (Å²) in [6.45, 7) is 5.21. The number of anilines is 1. The maximum absolute atomic E-state index is 12.6. The summed E-state index contributed by atoms with van der Waals surface area (Å²) in [5.41, 5.74) is 2.33. The summed E-state index contributed by atoms with van der Waals surface area (Å²) >= 11 is 0. The Morgan fingerprint density at radius 3 is 2.48 bits per heavy atom. The molecule has 0 radical (unpaired) electrons. The summed E-state index contributed by atoms with van der Waals surface area (Å²) in [5, 5.41) is 2.80. The van der Waals surface area contributed by atoms with Crippen LogP contribution >= 0.6 is 0 Å². The number of rotatable bonds is 7. The van der Waals surface area contributed by atoms with Crippen molar-refractivity contribution in [1.29, 1.82) is 0 Å². The molecule has 0 aliphatic carbocycles. The number of Topliss-reactive ketones (excluding diaryl/α,β-unsaturated/α-hetero) is 1. The van der Waals surface area contributed by atoms with Crippen molar-refractivity contribution in [2.45, 2.75) is 13.3 Å². The molecule has 2 aromatic rings. The number of methoxy groups -OCH3 is 2. The molecule has 0 spiro atoms. The Labute approximate surface area is 147 Å². The number of nitrogens with one attached hydrogen (secondary N) is 1. The van der Waals surface area contributed by atoms with E-state index in [-0.39, 0.29) is 11.7 Å². The Kier molecular flexibility index (Phi) is 5.95. The number of carbonyl (C=O) groups is 2. The molecule has 0 saturated heterocycles. The van der Waals surface area contributed by atoms with Crippen LogP contribution in [0.1, 0.15) is 33.2 Å². The van der Waals surface area contributed by atoms with Gasteiger partial charge in [0.05, 0.1) is 14.2 Å². The first-order chi connectivity index (χ1) is 12.0. The van der Waals surface area contributed by atoms with E-state index in [9.17, 15) is 9.59 Å². The fraction of sp³-hybridized carbons (Fsp3) is 0.200. The van der Waals surface area contributed by atoms with E-state index in [1.165, 1.54) is 14.0 Å². The van der Waals surface area contributed by atoms with Crippen molar-refractivity contribution in [1.82, 2.24) is 0 Å². The average Bonchev–Trinajstić information content (AvgIpc) is 2.61. The van der Waals surface area contributed by atoms with Crippen LogP contribution in [0.2, 0.25) is 0 Å². The fourth-order valence-electron chi connectivity index (χ4n) is 2.50. The normalized spacial score (nSPS) is 10.0. The molecular formula is C20H21NO4. The fourth-order valence-corrected chi connectivity index (χ4v) is 2.50. The summed E-state index contributed by atoms with van der Waals surface area (Å²) in [6, 6.07) is 10.2. The standard InChI is InChI=1S/C20H21NO4/c1-5-7-15-10-16(12-18(24-3)19(15)25-4)20(23)21-17-9-6-8-14(11-17)13(2)22/h5-6,8-12H,1,7H2,2-4H3,(H,21,23). The Bertz CT molecular complexity index is 811. The van der Waals surface area contributed by atoms with E-state index in [1.54, 1.807) is 49.6 Å². The van der Waals surface area contributed by atoms with Crippen LogP contribution in [0.25, 0.3) is 0 Å². The van der Waals surface area contributed by atoms with Gasteiger partial charge in [-0.3, -0.25) is 9.59 Å². The summed E-state index contributed by atoms with van der Waals surface area (Å²) < 4.78 is 10.7. The number of hydrogen-bond acceptors (Lipinski definition) is 4. The van der Waals surface area contributed by atoms with Crippen LogP contribution in [0.5, 0.6) is 11.5 Å². The molecule has 0 saturated carbocycles. The first kappa shape index (κ1) is 18.3. The number of amides is 1. The molecule has 2 aromatic carbocycles. The molecule has 0 aliphatic rings. The minimum absolute atomic E-state index is 0.0597. The van der Waals surface area contributed by atoms with Gasteiger partial charge in [-0.05, 0) is 37.6 Å². The van der Waals surface area contributed by atoms with Crippen molar-refractivity contribution in [2.24, 2.45) is 0 Å². The Hall–Kier alpha value is -3.08. The first-order valence-corrected chi connectivity index (χ1v) is 7.78. The van der Waals surface area contributed by atoms with Gasteiger partial charge >= 0.3 is 0 Å². The molecule has 1 amide bonds. The predicted octanol–water partition coefficient (Wildman–Crippen LogP) is 3.89. The lowest BCUT2D eigenvalue weighted by atomic mass is 10.0. The van der Waals surface area contributed by atoms with Crippen molar-refractivity contribution < 1.29 is 19.1 Å². The first-order valence-electron chi connectivity index (χ1n) is 7.78. The summed E-state index contributed by atoms with van der Waals surface area (Å²) in [7, 11) is 3.07. The largest absolute Gasteiger partial charge is 0.493 e. The minimum Gasteiger partial charge on any atom is -0.493 e. The van der Waals surface area contributed by atoms with Crippen LogP contribution < -0.4 is 14.8 Å². The van der Waals surface area contributed by atoms with E-state index < -0.39 is 0 Å². The number of ketones is 1. The van der Waals surface area contributed by atoms with E-state index in [2.05, 4.69) is 11.9 Å². The van der Waals surface area contributed by atoms with Gasteiger partial charge in [0.2, 0.25) is 0 Å². The highest BCUT2D eigenvalue weighted by Gasteiger charge is 2.16. The van der Waals surface area contributed by atoms with Gasteiger partial charge in [0.1, 0.15) is 0 Å². The average molecular weight is 339 g/mol. The van der Waals surface area contributed by atoms with E-state index in [4.69, 9.17) is 9.47 Å². The highest BCUT2D eigenvalue weighted by atomic mass is 16.5. The molecule has 1 N–H and O–H groups in total. The SMILES string of the molecule is C=CCc1cc(C(=O)Nc2cccc(C(C)=O)c2)cc(OC)c1OC. The van der Waals surface area contributed by atoms with Crippen molar-refractivity contribution >= 4 is 17.4 Å². The van der Waals surface area contributed by atoms with Gasteiger partial charge in [0.15, 0.2) is 17.3 Å². The quantitative estimate of drug-likeness (QED) is 0.614. The Morgan fingerprint density at radius 1 is 1.12 bits per heavy atom. The zero-order valence-corrected chi connectivity index (χ0v) is 14.6. The maximum Gasteiger partial charge on any atom is 0.255 e. The van der Waals surface area contributed by atoms with Crippen molar-refractivity contribution in [3.05, 3.63) is 65.7 Å². The lowest BCUT2D eigenvalue weighted by molar-refractivity contribution is 0.101. The summed E-state index contributed by atoms with van der Waals surface area (Å²) in [6.07, 6.45) is 2.27. The number of carbonyl (C=O) groups excluding carboxylic acids is 2. The molecule has 0 heterocycles. The second-order valence-electron chi connectivity index (χ2n) is 5.45. The predicted molar refractivity (Wildman–Crippen MR) is 97.8 cm³/mol.